The van der Waals surface area contributed by atoms with Gasteiger partial charge in [0.2, 0.25) is 21.7 Å². The predicted octanol–water partition coefficient (Wildman–Crippen LogP) is 4.38. The molecule has 2 aromatic heterocycles. The van der Waals surface area contributed by atoms with Gasteiger partial charge in [-0.05, 0) is 54.7 Å². The van der Waals surface area contributed by atoms with Crippen LogP contribution in [0.3, 0.4) is 0 Å². The molecule has 1 aliphatic rings. The van der Waals surface area contributed by atoms with Gasteiger partial charge in [0.25, 0.3) is 5.56 Å². The molecule has 4 aromatic rings. The van der Waals surface area contributed by atoms with E-state index in [1.54, 1.807) is 37.3 Å². The minimum atomic E-state index is -4.52. The third kappa shape index (κ3) is 5.03. The third-order valence-electron chi connectivity index (χ3n) is 7.01. The summed E-state index contributed by atoms with van der Waals surface area (Å²) in [5.41, 5.74) is 1.20. The van der Waals surface area contributed by atoms with Gasteiger partial charge < -0.3 is 14.6 Å². The lowest BCUT2D eigenvalue weighted by Gasteiger charge is -2.25. The molecule has 0 bridgehead atoms. The maximum atomic E-state index is 14.1. The number of sulfone groups is 1. The van der Waals surface area contributed by atoms with Crippen molar-refractivity contribution >= 4 is 9.84 Å². The second kappa shape index (κ2) is 11.3. The molecule has 5 rings (SSSR count). The van der Waals surface area contributed by atoms with Crippen molar-refractivity contribution in [1.82, 2.24) is 14.5 Å². The highest BCUT2D eigenvalue weighted by Crippen LogP contribution is 2.34. The Bertz CT molecular complexity index is 1690. The molecule has 208 valence electrons. The van der Waals surface area contributed by atoms with Crippen LogP contribution in [0.4, 0.5) is 4.39 Å². The fourth-order valence-electron chi connectivity index (χ4n) is 4.97. The van der Waals surface area contributed by atoms with Gasteiger partial charge in [0.15, 0.2) is 4.90 Å². The molecule has 1 aliphatic heterocycles. The molecule has 0 radical (unpaired) electrons. The van der Waals surface area contributed by atoms with Gasteiger partial charge in [0.1, 0.15) is 11.9 Å². The number of ether oxygens (including phenoxy) is 2. The van der Waals surface area contributed by atoms with Gasteiger partial charge in [-0.25, -0.2) is 13.4 Å². The minimum absolute atomic E-state index is 0.0477. The fraction of sp³-hybridized carbons (Fsp3) is 0.276. The largest absolute Gasteiger partial charge is 0.492 e. The van der Waals surface area contributed by atoms with Crippen LogP contribution in [0.1, 0.15) is 41.9 Å². The number of methoxy groups -OCH3 is 1. The van der Waals surface area contributed by atoms with Crippen LogP contribution in [-0.4, -0.2) is 48.4 Å². The standard InChI is InChI=1S/C29H28FN3O6S/c1-18-22(14-15-31-26(18)30)19-10-12-21(13-11-19)40(36,37)25-28(34)32-27(24-9-6-16-39-24)33(29(25)35)23(17-38-2)20-7-4-3-5-8-20/h3-5,7-8,10-15,23-24,34H,6,9,16-17H2,1-2H3. The summed E-state index contributed by atoms with van der Waals surface area (Å²) in [6.45, 7) is 2.08. The number of hydrogen-bond acceptors (Lipinski definition) is 8. The highest BCUT2D eigenvalue weighted by Gasteiger charge is 2.35. The summed E-state index contributed by atoms with van der Waals surface area (Å²) >= 11 is 0. The van der Waals surface area contributed by atoms with E-state index in [1.807, 2.05) is 6.07 Å². The maximum Gasteiger partial charge on any atom is 0.277 e. The molecule has 1 fully saturated rings. The van der Waals surface area contributed by atoms with Crippen molar-refractivity contribution in [3.8, 4) is 17.0 Å². The summed E-state index contributed by atoms with van der Waals surface area (Å²) in [6.07, 6.45) is 2.02. The summed E-state index contributed by atoms with van der Waals surface area (Å²) < 4.78 is 54.0. The van der Waals surface area contributed by atoms with Gasteiger partial charge in [0.05, 0.1) is 17.5 Å². The Balaban J connectivity index is 1.66. The molecular weight excluding hydrogens is 537 g/mol. The van der Waals surface area contributed by atoms with Crippen LogP contribution in [0, 0.1) is 12.9 Å². The summed E-state index contributed by atoms with van der Waals surface area (Å²) in [5.74, 6) is -1.39. The van der Waals surface area contributed by atoms with E-state index in [9.17, 15) is 22.7 Å². The van der Waals surface area contributed by atoms with E-state index in [1.165, 1.54) is 42.1 Å². The molecule has 3 heterocycles. The lowest BCUT2D eigenvalue weighted by Crippen LogP contribution is -2.36. The molecule has 0 amide bonds. The summed E-state index contributed by atoms with van der Waals surface area (Å²) in [5, 5.41) is 10.9. The van der Waals surface area contributed by atoms with E-state index >= 15 is 0 Å². The Kier molecular flexibility index (Phi) is 7.79. The fourth-order valence-corrected chi connectivity index (χ4v) is 6.32. The molecule has 2 atom stereocenters. The molecule has 11 heteroatoms. The predicted molar refractivity (Wildman–Crippen MR) is 144 cm³/mol. The number of halogens is 1. The Morgan fingerprint density at radius 1 is 1.15 bits per heavy atom. The number of benzene rings is 2. The lowest BCUT2D eigenvalue weighted by molar-refractivity contribution is 0.0935. The number of hydrogen-bond donors (Lipinski definition) is 1. The van der Waals surface area contributed by atoms with Crippen LogP contribution in [0.5, 0.6) is 5.88 Å². The van der Waals surface area contributed by atoms with Gasteiger partial charge in [-0.15, -0.1) is 0 Å². The summed E-state index contributed by atoms with van der Waals surface area (Å²) in [6, 6.07) is 15.6. The minimum Gasteiger partial charge on any atom is -0.492 e. The molecule has 2 aromatic carbocycles. The molecule has 0 saturated carbocycles. The smallest absolute Gasteiger partial charge is 0.277 e. The van der Waals surface area contributed by atoms with E-state index in [-0.39, 0.29) is 17.3 Å². The number of nitrogens with zero attached hydrogens (tertiary/aromatic N) is 3. The van der Waals surface area contributed by atoms with Gasteiger partial charge in [0, 0.05) is 25.5 Å². The monoisotopic (exact) mass is 565 g/mol. The average Bonchev–Trinajstić information content (AvgIpc) is 3.49. The first-order valence-corrected chi connectivity index (χ1v) is 14.2. The zero-order valence-corrected chi connectivity index (χ0v) is 22.8. The first-order chi connectivity index (χ1) is 19.2. The highest BCUT2D eigenvalue weighted by molar-refractivity contribution is 7.91. The van der Waals surface area contributed by atoms with Gasteiger partial charge in [-0.3, -0.25) is 9.36 Å². The van der Waals surface area contributed by atoms with Crippen molar-refractivity contribution in [3.05, 3.63) is 100 Å². The van der Waals surface area contributed by atoms with Crippen molar-refractivity contribution in [2.45, 2.75) is 41.7 Å². The Hall–Kier alpha value is -3.93. The van der Waals surface area contributed by atoms with Gasteiger partial charge in [-0.1, -0.05) is 42.5 Å². The number of rotatable bonds is 8. The first kappa shape index (κ1) is 27.6. The van der Waals surface area contributed by atoms with Gasteiger partial charge in [-0.2, -0.15) is 9.37 Å². The summed E-state index contributed by atoms with van der Waals surface area (Å²) in [4.78, 5) is 20.9. The lowest BCUT2D eigenvalue weighted by atomic mass is 10.0. The third-order valence-corrected chi connectivity index (χ3v) is 8.80. The maximum absolute atomic E-state index is 14.1. The molecule has 0 aliphatic carbocycles. The van der Waals surface area contributed by atoms with E-state index in [0.29, 0.717) is 35.3 Å². The normalized spacial score (nSPS) is 16.2. The second-order valence-corrected chi connectivity index (χ2v) is 11.4. The molecule has 2 unspecified atom stereocenters. The molecular formula is C29H28FN3O6S. The second-order valence-electron chi connectivity index (χ2n) is 9.48. The van der Waals surface area contributed by atoms with Crippen LogP contribution in [0.2, 0.25) is 0 Å². The van der Waals surface area contributed by atoms with Crippen LogP contribution in [0.25, 0.3) is 11.1 Å². The van der Waals surface area contributed by atoms with Crippen LogP contribution in [-0.2, 0) is 19.3 Å². The molecule has 9 nitrogen and oxygen atoms in total. The average molecular weight is 566 g/mol. The molecule has 0 spiro atoms. The van der Waals surface area contributed by atoms with E-state index in [2.05, 4.69) is 9.97 Å². The topological polar surface area (TPSA) is 121 Å². The van der Waals surface area contributed by atoms with Crippen molar-refractivity contribution in [2.24, 2.45) is 0 Å². The highest BCUT2D eigenvalue weighted by atomic mass is 32.2. The van der Waals surface area contributed by atoms with Crippen LogP contribution in [0.15, 0.2) is 81.4 Å². The molecule has 1 saturated heterocycles. The Morgan fingerprint density at radius 3 is 2.52 bits per heavy atom. The van der Waals surface area contributed by atoms with Crippen molar-refractivity contribution in [3.63, 3.8) is 0 Å². The SMILES string of the molecule is COCC(c1ccccc1)n1c(C2CCCO2)nc(O)c(S(=O)(=O)c2ccc(-c3ccnc(F)c3C)cc2)c1=O. The van der Waals surface area contributed by atoms with E-state index in [4.69, 9.17) is 9.47 Å². The number of pyridine rings is 1. The molecule has 1 N–H and O–H groups in total. The zero-order valence-electron chi connectivity index (χ0n) is 22.0. The van der Waals surface area contributed by atoms with Crippen molar-refractivity contribution < 1.29 is 27.4 Å². The van der Waals surface area contributed by atoms with E-state index in [0.717, 1.165) is 6.42 Å². The Labute approximate surface area is 230 Å². The van der Waals surface area contributed by atoms with Crippen LogP contribution < -0.4 is 5.56 Å². The zero-order chi connectivity index (χ0) is 28.4. The van der Waals surface area contributed by atoms with E-state index < -0.39 is 44.3 Å². The number of aromatic hydroxyl groups is 1. The summed E-state index contributed by atoms with van der Waals surface area (Å²) in [7, 11) is -3.04. The van der Waals surface area contributed by atoms with Crippen molar-refractivity contribution in [2.75, 3.05) is 20.3 Å². The first-order valence-electron chi connectivity index (χ1n) is 12.7. The van der Waals surface area contributed by atoms with Crippen LogP contribution >= 0.6 is 0 Å². The van der Waals surface area contributed by atoms with Crippen molar-refractivity contribution in [1.29, 1.82) is 0 Å². The quantitative estimate of drug-likeness (QED) is 0.313. The van der Waals surface area contributed by atoms with Gasteiger partial charge >= 0.3 is 0 Å². The Morgan fingerprint density at radius 2 is 1.88 bits per heavy atom. The molecule has 40 heavy (non-hydrogen) atoms. The number of aromatic nitrogens is 3.